The Kier molecular flexibility index (Phi) is 2.24. The van der Waals surface area contributed by atoms with Crippen LogP contribution in [-0.4, -0.2) is 9.85 Å². The van der Waals surface area contributed by atoms with Crippen molar-refractivity contribution < 1.29 is 9.85 Å². The number of hydrogen-bond donors (Lipinski definition) is 0. The first-order valence-electron chi connectivity index (χ1n) is 4.25. The number of benzene rings is 2. The molecule has 0 aliphatic carbocycles. The van der Waals surface area contributed by atoms with E-state index in [2.05, 4.69) is 12.1 Å². The summed E-state index contributed by atoms with van der Waals surface area (Å²) in [5.74, 6) is 0. The highest BCUT2D eigenvalue weighted by molar-refractivity contribution is 5.91. The minimum Gasteiger partial charge on any atom is -0.258 e. The average molecular weight is 216 g/mol. The average Bonchev–Trinajstić information content (AvgIpc) is 2.27. The van der Waals surface area contributed by atoms with Crippen LogP contribution < -0.4 is 0 Å². The molecule has 0 amide bonds. The Balaban J connectivity index is 2.84. The Morgan fingerprint density at radius 2 is 1.94 bits per heavy atom. The van der Waals surface area contributed by atoms with Crippen LogP contribution in [0.15, 0.2) is 24.3 Å². The van der Waals surface area contributed by atoms with E-state index in [0.717, 1.165) is 6.07 Å². The van der Waals surface area contributed by atoms with Crippen LogP contribution in [0.5, 0.6) is 0 Å². The lowest BCUT2D eigenvalue weighted by Gasteiger charge is -1.98. The lowest BCUT2D eigenvalue weighted by atomic mass is 10.1. The molecule has 0 spiro atoms. The molecule has 0 aliphatic heterocycles. The molecule has 16 heavy (non-hydrogen) atoms. The largest absolute Gasteiger partial charge is 0.285 e. The van der Waals surface area contributed by atoms with Crippen LogP contribution in [0.3, 0.4) is 0 Å². The fraction of sp³-hybridized carbons (Fsp3) is 0. The van der Waals surface area contributed by atoms with Gasteiger partial charge in [-0.1, -0.05) is 12.1 Å². The van der Waals surface area contributed by atoms with E-state index in [4.69, 9.17) is 0 Å². The molecular weight excluding hydrogens is 212 g/mol. The first-order valence-corrected chi connectivity index (χ1v) is 4.25. The zero-order valence-corrected chi connectivity index (χ0v) is 7.84. The van der Waals surface area contributed by atoms with Gasteiger partial charge >= 0.3 is 0 Å². The van der Waals surface area contributed by atoms with E-state index in [0.29, 0.717) is 0 Å². The summed E-state index contributed by atoms with van der Waals surface area (Å²) in [6.45, 7) is 0. The summed E-state index contributed by atoms with van der Waals surface area (Å²) in [4.78, 5) is 19.9. The summed E-state index contributed by atoms with van der Waals surface area (Å²) in [6.07, 6.45) is 0. The zero-order valence-electron chi connectivity index (χ0n) is 7.84. The maximum atomic E-state index is 10.7. The van der Waals surface area contributed by atoms with Crippen molar-refractivity contribution in [1.82, 2.24) is 0 Å². The number of nitro benzene ring substituents is 2. The van der Waals surface area contributed by atoms with Crippen molar-refractivity contribution in [3.05, 3.63) is 56.6 Å². The number of rotatable bonds is 2. The molecule has 0 aromatic heterocycles. The number of fused-ring (bicyclic) bond motifs is 1. The van der Waals surface area contributed by atoms with E-state index < -0.39 is 15.5 Å². The monoisotopic (exact) mass is 216 g/mol. The van der Waals surface area contributed by atoms with Crippen LogP contribution in [0, 0.1) is 32.4 Å². The quantitative estimate of drug-likeness (QED) is 0.569. The Morgan fingerprint density at radius 1 is 1.19 bits per heavy atom. The molecule has 0 unspecified atom stereocenters. The van der Waals surface area contributed by atoms with Gasteiger partial charge in [0.1, 0.15) is 0 Å². The SMILES string of the molecule is O=[N+]([O-])c1[c]c2[c]cccc2c([N+](=O)[O-])c1. The smallest absolute Gasteiger partial charge is 0.258 e. The third-order valence-electron chi connectivity index (χ3n) is 2.05. The number of hydrogen-bond acceptors (Lipinski definition) is 4. The van der Waals surface area contributed by atoms with Gasteiger partial charge in [0.25, 0.3) is 11.4 Å². The summed E-state index contributed by atoms with van der Waals surface area (Å²) in [5.41, 5.74) is -0.737. The highest BCUT2D eigenvalue weighted by atomic mass is 16.6. The van der Waals surface area contributed by atoms with Crippen molar-refractivity contribution in [1.29, 1.82) is 0 Å². The second-order valence-corrected chi connectivity index (χ2v) is 3.01. The van der Waals surface area contributed by atoms with Crippen LogP contribution in [0.2, 0.25) is 0 Å². The summed E-state index contributed by atoms with van der Waals surface area (Å²) < 4.78 is 0. The van der Waals surface area contributed by atoms with Gasteiger partial charge in [0.2, 0.25) is 0 Å². The minimum absolute atomic E-state index is 0.239. The van der Waals surface area contributed by atoms with Crippen molar-refractivity contribution in [2.75, 3.05) is 0 Å². The van der Waals surface area contributed by atoms with E-state index in [1.54, 1.807) is 6.07 Å². The Bertz CT molecular complexity index is 594. The number of nitrogens with zero attached hydrogens (tertiary/aromatic N) is 2. The van der Waals surface area contributed by atoms with E-state index >= 15 is 0 Å². The summed E-state index contributed by atoms with van der Waals surface area (Å²) in [7, 11) is 0. The molecule has 0 atom stereocenters. The predicted octanol–water partition coefficient (Wildman–Crippen LogP) is 2.26. The topological polar surface area (TPSA) is 86.3 Å². The zero-order chi connectivity index (χ0) is 11.7. The molecule has 6 heteroatoms. The van der Waals surface area contributed by atoms with E-state index in [1.165, 1.54) is 12.1 Å². The van der Waals surface area contributed by atoms with E-state index in [9.17, 15) is 20.2 Å². The molecule has 78 valence electrons. The lowest BCUT2D eigenvalue weighted by Crippen LogP contribution is -1.94. The van der Waals surface area contributed by atoms with Gasteiger partial charge in [0.05, 0.1) is 27.4 Å². The Labute approximate surface area is 89.4 Å². The maximum Gasteiger partial charge on any atom is 0.285 e. The first kappa shape index (κ1) is 10.0. The van der Waals surface area contributed by atoms with Crippen LogP contribution in [0.25, 0.3) is 10.8 Å². The van der Waals surface area contributed by atoms with Gasteiger partial charge in [-0.25, -0.2) is 0 Å². The number of non-ortho nitro benzene ring substituents is 2. The summed E-state index contributed by atoms with van der Waals surface area (Å²) in [6, 6.07) is 10.6. The third-order valence-corrected chi connectivity index (χ3v) is 2.05. The fourth-order valence-electron chi connectivity index (χ4n) is 1.37. The summed E-state index contributed by atoms with van der Waals surface area (Å²) >= 11 is 0. The summed E-state index contributed by atoms with van der Waals surface area (Å²) in [5, 5.41) is 21.8. The van der Waals surface area contributed by atoms with Gasteiger partial charge in [0.15, 0.2) is 0 Å². The molecule has 0 heterocycles. The van der Waals surface area contributed by atoms with Gasteiger partial charge in [-0.05, 0) is 12.1 Å². The highest BCUT2D eigenvalue weighted by Gasteiger charge is 2.19. The molecule has 0 aliphatic rings. The van der Waals surface area contributed by atoms with Crippen molar-refractivity contribution in [2.24, 2.45) is 0 Å². The molecule has 0 bridgehead atoms. The third kappa shape index (κ3) is 1.56. The molecule has 0 fully saturated rings. The van der Waals surface area contributed by atoms with Crippen molar-refractivity contribution in [2.45, 2.75) is 0 Å². The van der Waals surface area contributed by atoms with Gasteiger partial charge in [-0.15, -0.1) is 0 Å². The predicted molar refractivity (Wildman–Crippen MR) is 54.9 cm³/mol. The maximum absolute atomic E-state index is 10.7. The molecule has 0 saturated heterocycles. The molecule has 2 radical (unpaired) electrons. The van der Waals surface area contributed by atoms with Gasteiger partial charge in [0, 0.05) is 5.39 Å². The molecule has 0 saturated carbocycles. The standard InChI is InChI=1S/C10H4N2O4/c13-11(14)8-5-7-3-1-2-4-9(7)10(6-8)12(15)16/h1-2,4,6H. The van der Waals surface area contributed by atoms with Gasteiger partial charge in [-0.2, -0.15) is 0 Å². The fourth-order valence-corrected chi connectivity index (χ4v) is 1.37. The minimum atomic E-state index is -0.715. The molecule has 0 N–H and O–H groups in total. The number of nitro groups is 2. The van der Waals surface area contributed by atoms with Gasteiger partial charge in [-0.3, -0.25) is 20.2 Å². The Hall–Kier alpha value is -2.50. The second kappa shape index (κ2) is 3.58. The van der Waals surface area contributed by atoms with Crippen LogP contribution >= 0.6 is 0 Å². The second-order valence-electron chi connectivity index (χ2n) is 3.01. The molecule has 2 aromatic rings. The van der Waals surface area contributed by atoms with E-state index in [-0.39, 0.29) is 16.5 Å². The van der Waals surface area contributed by atoms with Crippen LogP contribution in [0.4, 0.5) is 11.4 Å². The molecule has 6 nitrogen and oxygen atoms in total. The molecule has 2 aromatic carbocycles. The van der Waals surface area contributed by atoms with Crippen molar-refractivity contribution in [3.63, 3.8) is 0 Å². The van der Waals surface area contributed by atoms with Crippen LogP contribution in [-0.2, 0) is 0 Å². The highest BCUT2D eigenvalue weighted by Crippen LogP contribution is 2.29. The first-order chi connectivity index (χ1) is 7.59. The molecular formula is C10H4N2O4. The normalized spacial score (nSPS) is 10.2. The molecule has 2 rings (SSSR count). The van der Waals surface area contributed by atoms with Crippen LogP contribution in [0.1, 0.15) is 0 Å². The Morgan fingerprint density at radius 3 is 2.56 bits per heavy atom. The van der Waals surface area contributed by atoms with Crippen molar-refractivity contribution in [3.8, 4) is 0 Å². The van der Waals surface area contributed by atoms with E-state index in [1.807, 2.05) is 0 Å². The lowest BCUT2D eigenvalue weighted by molar-refractivity contribution is -0.393. The van der Waals surface area contributed by atoms with Crippen molar-refractivity contribution >= 4 is 22.1 Å². The van der Waals surface area contributed by atoms with Gasteiger partial charge < -0.3 is 0 Å².